The summed E-state index contributed by atoms with van der Waals surface area (Å²) in [6.45, 7) is 0. The number of hydrogen-bond donors (Lipinski definition) is 1. The van der Waals surface area contributed by atoms with Crippen molar-refractivity contribution in [2.24, 2.45) is 5.73 Å². The molecule has 4 heteroatoms. The van der Waals surface area contributed by atoms with Gasteiger partial charge < -0.3 is 10.2 Å². The van der Waals surface area contributed by atoms with Crippen molar-refractivity contribution < 1.29 is 4.42 Å². The molecular weight excluding hydrogens is 206 g/mol. The van der Waals surface area contributed by atoms with Crippen LogP contribution in [0.15, 0.2) is 34.1 Å². The summed E-state index contributed by atoms with van der Waals surface area (Å²) in [5.74, 6) is 0.701. The number of nitrogens with two attached hydrogens (primary N) is 1. The Kier molecular flexibility index (Phi) is 2.40. The first-order chi connectivity index (χ1) is 6.27. The fourth-order valence-corrected chi connectivity index (χ4v) is 1.99. The molecule has 0 aliphatic carbocycles. The quantitative estimate of drug-likeness (QED) is 0.833. The average molecular weight is 214 g/mol. The third-order valence-electron chi connectivity index (χ3n) is 1.75. The molecule has 0 radical (unpaired) electrons. The normalized spacial score (nSPS) is 13.1. The fourth-order valence-electron chi connectivity index (χ4n) is 1.10. The predicted molar refractivity (Wildman–Crippen MR) is 54.1 cm³/mol. The van der Waals surface area contributed by atoms with Crippen molar-refractivity contribution in [2.45, 2.75) is 6.04 Å². The smallest absolute Gasteiger partial charge is 0.193 e. The molecule has 0 aliphatic rings. The van der Waals surface area contributed by atoms with Crippen LogP contribution in [0.3, 0.4) is 0 Å². The maximum atomic E-state index is 5.93. The van der Waals surface area contributed by atoms with Gasteiger partial charge in [0.2, 0.25) is 0 Å². The number of halogens is 1. The third-order valence-corrected chi connectivity index (χ3v) is 2.91. The van der Waals surface area contributed by atoms with Gasteiger partial charge in [-0.2, -0.15) is 0 Å². The van der Waals surface area contributed by atoms with Crippen molar-refractivity contribution >= 4 is 22.9 Å². The minimum absolute atomic E-state index is 0.201. The van der Waals surface area contributed by atoms with Gasteiger partial charge in [0, 0.05) is 4.88 Å². The van der Waals surface area contributed by atoms with E-state index in [9.17, 15) is 0 Å². The maximum Gasteiger partial charge on any atom is 0.193 e. The topological polar surface area (TPSA) is 39.2 Å². The highest BCUT2D eigenvalue weighted by Gasteiger charge is 2.13. The number of thiophene rings is 1. The van der Waals surface area contributed by atoms with Gasteiger partial charge in [-0.3, -0.25) is 0 Å². The van der Waals surface area contributed by atoms with Crippen LogP contribution in [0.2, 0.25) is 5.22 Å². The highest BCUT2D eigenvalue weighted by Crippen LogP contribution is 2.26. The average Bonchev–Trinajstić information content (AvgIpc) is 2.72. The Morgan fingerprint density at radius 3 is 2.77 bits per heavy atom. The molecule has 0 spiro atoms. The first-order valence-electron chi connectivity index (χ1n) is 3.81. The van der Waals surface area contributed by atoms with Gasteiger partial charge in [0.05, 0.1) is 6.04 Å². The van der Waals surface area contributed by atoms with Crippen molar-refractivity contribution in [1.82, 2.24) is 0 Å². The molecule has 0 unspecified atom stereocenters. The second-order valence-corrected chi connectivity index (χ2v) is 3.99. The molecule has 13 heavy (non-hydrogen) atoms. The molecule has 0 aromatic carbocycles. The van der Waals surface area contributed by atoms with Gasteiger partial charge in [-0.1, -0.05) is 6.07 Å². The molecule has 2 N–H and O–H groups in total. The minimum Gasteiger partial charge on any atom is -0.448 e. The van der Waals surface area contributed by atoms with Crippen LogP contribution in [0.4, 0.5) is 0 Å². The SMILES string of the molecule is N[C@@H](c1ccc(Cl)o1)c1cccs1. The summed E-state index contributed by atoms with van der Waals surface area (Å²) < 4.78 is 5.22. The van der Waals surface area contributed by atoms with Gasteiger partial charge in [0.1, 0.15) is 5.76 Å². The van der Waals surface area contributed by atoms with E-state index in [0.717, 1.165) is 4.88 Å². The van der Waals surface area contributed by atoms with Crippen molar-refractivity contribution in [2.75, 3.05) is 0 Å². The highest BCUT2D eigenvalue weighted by atomic mass is 35.5. The first-order valence-corrected chi connectivity index (χ1v) is 5.07. The van der Waals surface area contributed by atoms with Crippen LogP contribution < -0.4 is 5.73 Å². The molecule has 2 heterocycles. The zero-order valence-corrected chi connectivity index (χ0v) is 8.31. The molecule has 1 atom stereocenters. The second kappa shape index (κ2) is 3.54. The number of furan rings is 1. The molecule has 2 rings (SSSR count). The predicted octanol–water partition coefficient (Wildman–Crippen LogP) is 3.04. The van der Waals surface area contributed by atoms with Crippen LogP contribution in [0.1, 0.15) is 16.7 Å². The number of hydrogen-bond acceptors (Lipinski definition) is 3. The Hall–Kier alpha value is -0.770. The van der Waals surface area contributed by atoms with Gasteiger partial charge in [0.25, 0.3) is 0 Å². The lowest BCUT2D eigenvalue weighted by atomic mass is 10.2. The molecule has 2 aromatic rings. The standard InChI is InChI=1S/C9H8ClNOS/c10-8-4-3-6(12-8)9(11)7-2-1-5-13-7/h1-5,9H,11H2/t9-/m0/s1. The Balaban J connectivity index is 2.28. The van der Waals surface area contributed by atoms with Crippen LogP contribution >= 0.6 is 22.9 Å². The van der Waals surface area contributed by atoms with Gasteiger partial charge in [-0.15, -0.1) is 11.3 Å². The van der Waals surface area contributed by atoms with Crippen molar-refractivity contribution in [1.29, 1.82) is 0 Å². The number of rotatable bonds is 2. The van der Waals surface area contributed by atoms with Crippen LogP contribution in [0.5, 0.6) is 0 Å². The van der Waals surface area contributed by atoms with E-state index in [1.165, 1.54) is 0 Å². The summed E-state index contributed by atoms with van der Waals surface area (Å²) in [5, 5.41) is 2.36. The van der Waals surface area contributed by atoms with Gasteiger partial charge in [-0.25, -0.2) is 0 Å². The molecule has 0 amide bonds. The zero-order valence-electron chi connectivity index (χ0n) is 6.74. The van der Waals surface area contributed by atoms with E-state index in [1.807, 2.05) is 17.5 Å². The molecule has 0 bridgehead atoms. The Morgan fingerprint density at radius 2 is 2.23 bits per heavy atom. The molecule has 0 aliphatic heterocycles. The Labute approximate surface area is 84.9 Å². The summed E-state index contributed by atoms with van der Waals surface area (Å²) in [6, 6.07) is 7.24. The van der Waals surface area contributed by atoms with E-state index in [4.69, 9.17) is 21.8 Å². The van der Waals surface area contributed by atoms with Gasteiger partial charge >= 0.3 is 0 Å². The van der Waals surface area contributed by atoms with E-state index in [1.54, 1.807) is 23.5 Å². The van der Waals surface area contributed by atoms with Gasteiger partial charge in [-0.05, 0) is 35.2 Å². The summed E-state index contributed by atoms with van der Waals surface area (Å²) in [5.41, 5.74) is 5.93. The lowest BCUT2D eigenvalue weighted by Crippen LogP contribution is -2.08. The van der Waals surface area contributed by atoms with E-state index in [2.05, 4.69) is 0 Å². The lowest BCUT2D eigenvalue weighted by molar-refractivity contribution is 0.493. The molecule has 2 nitrogen and oxygen atoms in total. The minimum atomic E-state index is -0.201. The van der Waals surface area contributed by atoms with Crippen LogP contribution in [0, 0.1) is 0 Å². The third kappa shape index (κ3) is 1.77. The summed E-state index contributed by atoms with van der Waals surface area (Å²) in [6.07, 6.45) is 0. The lowest BCUT2D eigenvalue weighted by Gasteiger charge is -2.04. The van der Waals surface area contributed by atoms with Crippen molar-refractivity contribution in [3.8, 4) is 0 Å². The summed E-state index contributed by atoms with van der Waals surface area (Å²) in [7, 11) is 0. The maximum absolute atomic E-state index is 5.93. The monoisotopic (exact) mass is 213 g/mol. The molecule has 2 aromatic heterocycles. The van der Waals surface area contributed by atoms with E-state index in [-0.39, 0.29) is 6.04 Å². The fraction of sp³-hybridized carbons (Fsp3) is 0.111. The second-order valence-electron chi connectivity index (χ2n) is 2.63. The molecule has 0 saturated carbocycles. The Morgan fingerprint density at radius 1 is 1.38 bits per heavy atom. The molecule has 0 saturated heterocycles. The summed E-state index contributed by atoms with van der Waals surface area (Å²) in [4.78, 5) is 1.08. The van der Waals surface area contributed by atoms with E-state index >= 15 is 0 Å². The van der Waals surface area contributed by atoms with Crippen molar-refractivity contribution in [3.63, 3.8) is 0 Å². The van der Waals surface area contributed by atoms with Crippen LogP contribution in [-0.2, 0) is 0 Å². The molecule has 0 fully saturated rings. The van der Waals surface area contributed by atoms with Gasteiger partial charge in [0.15, 0.2) is 5.22 Å². The molecular formula is C9H8ClNOS. The largest absolute Gasteiger partial charge is 0.448 e. The first kappa shape index (κ1) is 8.81. The van der Waals surface area contributed by atoms with Crippen LogP contribution in [-0.4, -0.2) is 0 Å². The van der Waals surface area contributed by atoms with E-state index in [0.29, 0.717) is 11.0 Å². The zero-order chi connectivity index (χ0) is 9.26. The highest BCUT2D eigenvalue weighted by molar-refractivity contribution is 7.10. The van der Waals surface area contributed by atoms with Crippen LogP contribution in [0.25, 0.3) is 0 Å². The van der Waals surface area contributed by atoms with Crippen molar-refractivity contribution in [3.05, 3.63) is 45.5 Å². The van der Waals surface area contributed by atoms with E-state index < -0.39 is 0 Å². The summed E-state index contributed by atoms with van der Waals surface area (Å²) >= 11 is 7.25. The molecule has 68 valence electrons. The Bertz CT molecular complexity index is 382.